The minimum absolute atomic E-state index is 0.527. The molecule has 0 amide bonds. The normalized spacial score (nSPS) is 23.1. The van der Waals surface area contributed by atoms with E-state index in [1.807, 2.05) is 0 Å². The second kappa shape index (κ2) is 5.04. The molecule has 0 spiro atoms. The summed E-state index contributed by atoms with van der Waals surface area (Å²) >= 11 is 0. The summed E-state index contributed by atoms with van der Waals surface area (Å²) in [5, 5.41) is 8.22. The van der Waals surface area contributed by atoms with Crippen LogP contribution in [0.15, 0.2) is 6.07 Å². The van der Waals surface area contributed by atoms with Crippen LogP contribution in [0, 0.1) is 18.3 Å². The van der Waals surface area contributed by atoms with Gasteiger partial charge in [-0.1, -0.05) is 20.8 Å². The fourth-order valence-corrected chi connectivity index (χ4v) is 3.08. The molecule has 1 aliphatic rings. The molecule has 2 atom stereocenters. The molecule has 3 nitrogen and oxygen atoms in total. The molecule has 1 heterocycles. The third-order valence-electron chi connectivity index (χ3n) is 4.26. The van der Waals surface area contributed by atoms with Crippen molar-refractivity contribution in [1.82, 2.24) is 15.1 Å². The van der Waals surface area contributed by atoms with Crippen LogP contribution < -0.4 is 5.32 Å². The zero-order chi connectivity index (χ0) is 13.3. The Morgan fingerprint density at radius 3 is 2.67 bits per heavy atom. The second-order valence-corrected chi connectivity index (χ2v) is 6.26. The van der Waals surface area contributed by atoms with E-state index in [-0.39, 0.29) is 0 Å². The maximum absolute atomic E-state index is 4.55. The van der Waals surface area contributed by atoms with Crippen molar-refractivity contribution >= 4 is 0 Å². The SMILES string of the molecule is CCNC(Cc1cc(C)nn1CC)C1CC1(C)C. The van der Waals surface area contributed by atoms with Crippen molar-refractivity contribution in [2.24, 2.45) is 11.3 Å². The number of likely N-dealkylation sites (N-methyl/N-ethyl adjacent to an activating group) is 1. The number of nitrogens with one attached hydrogen (secondary N) is 1. The van der Waals surface area contributed by atoms with Crippen molar-refractivity contribution < 1.29 is 0 Å². The maximum atomic E-state index is 4.55. The van der Waals surface area contributed by atoms with Crippen molar-refractivity contribution in [3.05, 3.63) is 17.5 Å². The zero-order valence-corrected chi connectivity index (χ0v) is 12.5. The Hall–Kier alpha value is -0.830. The quantitative estimate of drug-likeness (QED) is 0.840. The predicted molar refractivity (Wildman–Crippen MR) is 75.7 cm³/mol. The topological polar surface area (TPSA) is 29.9 Å². The molecule has 1 aliphatic carbocycles. The van der Waals surface area contributed by atoms with E-state index in [1.54, 1.807) is 0 Å². The third-order valence-corrected chi connectivity index (χ3v) is 4.26. The Bertz CT molecular complexity index is 406. The molecule has 0 radical (unpaired) electrons. The Balaban J connectivity index is 2.09. The van der Waals surface area contributed by atoms with Crippen LogP contribution in [0.1, 0.15) is 45.5 Å². The molecule has 1 saturated carbocycles. The summed E-state index contributed by atoms with van der Waals surface area (Å²) in [5.74, 6) is 0.818. The van der Waals surface area contributed by atoms with Crippen molar-refractivity contribution in [2.45, 2.75) is 60.0 Å². The molecule has 0 saturated heterocycles. The van der Waals surface area contributed by atoms with Gasteiger partial charge >= 0.3 is 0 Å². The number of hydrogen-bond acceptors (Lipinski definition) is 2. The first-order valence-corrected chi connectivity index (χ1v) is 7.24. The molecule has 0 aromatic carbocycles. The van der Waals surface area contributed by atoms with E-state index in [0.29, 0.717) is 11.5 Å². The smallest absolute Gasteiger partial charge is 0.0596 e. The Morgan fingerprint density at radius 2 is 2.17 bits per heavy atom. The van der Waals surface area contributed by atoms with Gasteiger partial charge in [-0.25, -0.2) is 0 Å². The molecule has 3 heteroatoms. The number of aromatic nitrogens is 2. The molecule has 0 bridgehead atoms. The van der Waals surface area contributed by atoms with Gasteiger partial charge in [0, 0.05) is 24.7 Å². The lowest BCUT2D eigenvalue weighted by molar-refractivity contribution is 0.400. The highest BCUT2D eigenvalue weighted by Crippen LogP contribution is 2.54. The summed E-state index contributed by atoms with van der Waals surface area (Å²) in [7, 11) is 0. The first-order valence-electron chi connectivity index (χ1n) is 7.24. The van der Waals surface area contributed by atoms with Gasteiger partial charge in [0.1, 0.15) is 0 Å². The Morgan fingerprint density at radius 1 is 1.50 bits per heavy atom. The molecular formula is C15H27N3. The summed E-state index contributed by atoms with van der Waals surface area (Å²) in [6, 6.07) is 2.84. The number of hydrogen-bond donors (Lipinski definition) is 1. The summed E-state index contributed by atoms with van der Waals surface area (Å²) in [4.78, 5) is 0. The summed E-state index contributed by atoms with van der Waals surface area (Å²) < 4.78 is 2.15. The van der Waals surface area contributed by atoms with Gasteiger partial charge < -0.3 is 5.32 Å². The second-order valence-electron chi connectivity index (χ2n) is 6.26. The summed E-state index contributed by atoms with van der Waals surface area (Å²) in [5.41, 5.74) is 3.04. The molecule has 2 unspecified atom stereocenters. The molecule has 2 rings (SSSR count). The highest BCUT2D eigenvalue weighted by atomic mass is 15.3. The highest BCUT2D eigenvalue weighted by Gasteiger charge is 2.49. The van der Waals surface area contributed by atoms with Gasteiger partial charge in [-0.3, -0.25) is 4.68 Å². The average Bonchev–Trinajstić information content (AvgIpc) is 2.78. The van der Waals surface area contributed by atoms with E-state index < -0.39 is 0 Å². The van der Waals surface area contributed by atoms with E-state index >= 15 is 0 Å². The standard InChI is InChI=1S/C15H27N3/c1-6-16-14(13-10-15(13,4)5)9-12-8-11(3)17-18(12)7-2/h8,13-14,16H,6-7,9-10H2,1-5H3. The van der Waals surface area contributed by atoms with E-state index in [4.69, 9.17) is 0 Å². The van der Waals surface area contributed by atoms with Gasteiger partial charge in [0.25, 0.3) is 0 Å². The first-order chi connectivity index (χ1) is 8.47. The number of nitrogens with zero attached hydrogens (tertiary/aromatic N) is 2. The van der Waals surface area contributed by atoms with Crippen LogP contribution in [0.25, 0.3) is 0 Å². The van der Waals surface area contributed by atoms with Crippen LogP contribution in [0.2, 0.25) is 0 Å². The number of aryl methyl sites for hydroxylation is 2. The summed E-state index contributed by atoms with van der Waals surface area (Å²) in [6.07, 6.45) is 2.46. The molecule has 18 heavy (non-hydrogen) atoms. The van der Waals surface area contributed by atoms with Crippen molar-refractivity contribution in [1.29, 1.82) is 0 Å². The zero-order valence-electron chi connectivity index (χ0n) is 12.5. The van der Waals surface area contributed by atoms with E-state index in [2.05, 4.69) is 55.8 Å². The lowest BCUT2D eigenvalue weighted by atomic mass is 9.99. The predicted octanol–water partition coefficient (Wildman–Crippen LogP) is 2.78. The molecule has 1 N–H and O–H groups in total. The lowest BCUT2D eigenvalue weighted by Gasteiger charge is -2.20. The molecular weight excluding hydrogens is 222 g/mol. The van der Waals surface area contributed by atoms with E-state index in [1.165, 1.54) is 12.1 Å². The largest absolute Gasteiger partial charge is 0.314 e. The van der Waals surface area contributed by atoms with E-state index in [9.17, 15) is 0 Å². The first kappa shape index (κ1) is 13.6. The monoisotopic (exact) mass is 249 g/mol. The minimum Gasteiger partial charge on any atom is -0.314 e. The fourth-order valence-electron chi connectivity index (χ4n) is 3.08. The van der Waals surface area contributed by atoms with Crippen LogP contribution in [0.3, 0.4) is 0 Å². The van der Waals surface area contributed by atoms with Gasteiger partial charge in [-0.05, 0) is 44.2 Å². The molecule has 102 valence electrons. The number of rotatable bonds is 6. The van der Waals surface area contributed by atoms with Gasteiger partial charge in [0.15, 0.2) is 0 Å². The van der Waals surface area contributed by atoms with Crippen LogP contribution >= 0.6 is 0 Å². The maximum Gasteiger partial charge on any atom is 0.0596 e. The van der Waals surface area contributed by atoms with Gasteiger partial charge in [-0.15, -0.1) is 0 Å². The van der Waals surface area contributed by atoms with Crippen LogP contribution in [0.4, 0.5) is 0 Å². The molecule has 0 aliphatic heterocycles. The fraction of sp³-hybridized carbons (Fsp3) is 0.800. The van der Waals surface area contributed by atoms with Crippen molar-refractivity contribution in [3.8, 4) is 0 Å². The van der Waals surface area contributed by atoms with Crippen molar-refractivity contribution in [2.75, 3.05) is 6.54 Å². The highest BCUT2D eigenvalue weighted by molar-refractivity contribution is 5.13. The van der Waals surface area contributed by atoms with E-state index in [0.717, 1.165) is 31.1 Å². The molecule has 1 aromatic rings. The lowest BCUT2D eigenvalue weighted by Crippen LogP contribution is -2.35. The van der Waals surface area contributed by atoms with Crippen LogP contribution in [0.5, 0.6) is 0 Å². The van der Waals surface area contributed by atoms with Crippen LogP contribution in [-0.2, 0) is 13.0 Å². The Labute approximate surface area is 111 Å². The van der Waals surface area contributed by atoms with Gasteiger partial charge in [0.05, 0.1) is 5.69 Å². The van der Waals surface area contributed by atoms with Gasteiger partial charge in [-0.2, -0.15) is 5.10 Å². The third kappa shape index (κ3) is 2.77. The van der Waals surface area contributed by atoms with Crippen molar-refractivity contribution in [3.63, 3.8) is 0 Å². The minimum atomic E-state index is 0.527. The average molecular weight is 249 g/mol. The summed E-state index contributed by atoms with van der Waals surface area (Å²) in [6.45, 7) is 13.2. The molecule has 1 aromatic heterocycles. The van der Waals surface area contributed by atoms with Gasteiger partial charge in [0.2, 0.25) is 0 Å². The van der Waals surface area contributed by atoms with Crippen LogP contribution in [-0.4, -0.2) is 22.4 Å². The Kier molecular flexibility index (Phi) is 3.81. The molecule has 1 fully saturated rings.